The predicted octanol–water partition coefficient (Wildman–Crippen LogP) is 4.17. The van der Waals surface area contributed by atoms with Crippen LogP contribution in [0.1, 0.15) is 36.6 Å². The fraction of sp³-hybridized carbons (Fsp3) is 0.125. The van der Waals surface area contributed by atoms with Gasteiger partial charge in [-0.25, -0.2) is 14.1 Å². The van der Waals surface area contributed by atoms with Crippen LogP contribution in [0, 0.1) is 12.7 Å². The molecular formula is C24H18FNO5. The summed E-state index contributed by atoms with van der Waals surface area (Å²) in [6.45, 7) is 1.67. The minimum Gasteiger partial charge on any atom is -0.487 e. The van der Waals surface area contributed by atoms with Crippen LogP contribution in [0.3, 0.4) is 0 Å². The Labute approximate surface area is 177 Å². The Bertz CT molecular complexity index is 1190. The van der Waals surface area contributed by atoms with Crippen molar-refractivity contribution in [3.05, 3.63) is 94.8 Å². The number of benzene rings is 3. The Hall–Kier alpha value is -4.00. The molecule has 2 amide bonds. The molecular weight excluding hydrogens is 401 g/mol. The third-order valence-corrected chi connectivity index (χ3v) is 4.89. The van der Waals surface area contributed by atoms with E-state index in [-0.39, 0.29) is 35.7 Å². The first kappa shape index (κ1) is 20.3. The van der Waals surface area contributed by atoms with Crippen molar-refractivity contribution >= 4 is 23.5 Å². The van der Waals surface area contributed by atoms with Crippen molar-refractivity contribution in [1.82, 2.24) is 0 Å². The minimum absolute atomic E-state index is 0.0317. The lowest BCUT2D eigenvalue weighted by atomic mass is 10.1. The van der Waals surface area contributed by atoms with Crippen LogP contribution in [0.25, 0.3) is 0 Å². The van der Waals surface area contributed by atoms with Crippen LogP contribution in [0.5, 0.6) is 5.75 Å². The summed E-state index contributed by atoms with van der Waals surface area (Å²) in [6.07, 6.45) is 0. The summed E-state index contributed by atoms with van der Waals surface area (Å²) >= 11 is 0. The number of para-hydroxylation sites is 2. The number of rotatable bonds is 6. The SMILES string of the molecule is Cc1ccccc1N1C(=O)c2ccc(C(=O)OCCOc3ccccc3F)cc2C1=O. The third-order valence-electron chi connectivity index (χ3n) is 4.89. The van der Waals surface area contributed by atoms with E-state index in [1.807, 2.05) is 19.1 Å². The van der Waals surface area contributed by atoms with Gasteiger partial charge in [0.25, 0.3) is 11.8 Å². The molecule has 0 radical (unpaired) electrons. The molecule has 3 aromatic carbocycles. The van der Waals surface area contributed by atoms with E-state index in [9.17, 15) is 18.8 Å². The molecule has 1 aliphatic heterocycles. The van der Waals surface area contributed by atoms with Gasteiger partial charge in [0.2, 0.25) is 0 Å². The largest absolute Gasteiger partial charge is 0.487 e. The van der Waals surface area contributed by atoms with Crippen LogP contribution in [0.2, 0.25) is 0 Å². The number of halogens is 1. The number of hydrogen-bond donors (Lipinski definition) is 0. The monoisotopic (exact) mass is 419 g/mol. The summed E-state index contributed by atoms with van der Waals surface area (Å²) in [5.41, 5.74) is 1.80. The molecule has 7 heteroatoms. The van der Waals surface area contributed by atoms with Crippen molar-refractivity contribution in [2.75, 3.05) is 18.1 Å². The van der Waals surface area contributed by atoms with Crippen LogP contribution < -0.4 is 9.64 Å². The molecule has 1 heterocycles. The number of carbonyl (C=O) groups excluding carboxylic acids is 3. The maximum atomic E-state index is 13.5. The van der Waals surface area contributed by atoms with Gasteiger partial charge < -0.3 is 9.47 Å². The smallest absolute Gasteiger partial charge is 0.338 e. The van der Waals surface area contributed by atoms with E-state index < -0.39 is 23.6 Å². The van der Waals surface area contributed by atoms with Crippen LogP contribution in [-0.2, 0) is 4.74 Å². The second kappa shape index (κ2) is 8.39. The Balaban J connectivity index is 1.44. The molecule has 0 saturated carbocycles. The fourth-order valence-electron chi connectivity index (χ4n) is 3.33. The van der Waals surface area contributed by atoms with Crippen molar-refractivity contribution < 1.29 is 28.2 Å². The molecule has 0 aliphatic carbocycles. The van der Waals surface area contributed by atoms with Crippen molar-refractivity contribution in [3.63, 3.8) is 0 Å². The average molecular weight is 419 g/mol. The molecule has 0 bridgehead atoms. The lowest BCUT2D eigenvalue weighted by molar-refractivity contribution is 0.0448. The molecule has 156 valence electrons. The quantitative estimate of drug-likeness (QED) is 0.341. The van der Waals surface area contributed by atoms with Gasteiger partial charge in [-0.2, -0.15) is 0 Å². The second-order valence-corrected chi connectivity index (χ2v) is 6.91. The van der Waals surface area contributed by atoms with Gasteiger partial charge in [-0.15, -0.1) is 0 Å². The number of imide groups is 1. The van der Waals surface area contributed by atoms with Crippen LogP contribution >= 0.6 is 0 Å². The van der Waals surface area contributed by atoms with Crippen molar-refractivity contribution in [3.8, 4) is 5.75 Å². The molecule has 3 aromatic rings. The van der Waals surface area contributed by atoms with Gasteiger partial charge in [0.1, 0.15) is 13.2 Å². The van der Waals surface area contributed by atoms with Gasteiger partial charge in [-0.1, -0.05) is 30.3 Å². The molecule has 4 rings (SSSR count). The number of fused-ring (bicyclic) bond motifs is 1. The van der Waals surface area contributed by atoms with E-state index in [2.05, 4.69) is 0 Å². The lowest BCUT2D eigenvalue weighted by Gasteiger charge is -2.16. The van der Waals surface area contributed by atoms with Crippen molar-refractivity contribution in [1.29, 1.82) is 0 Å². The first-order valence-electron chi connectivity index (χ1n) is 9.60. The van der Waals surface area contributed by atoms with E-state index in [1.54, 1.807) is 24.3 Å². The topological polar surface area (TPSA) is 72.9 Å². The number of esters is 1. The molecule has 0 fully saturated rings. The summed E-state index contributed by atoms with van der Waals surface area (Å²) < 4.78 is 23.9. The molecule has 0 aromatic heterocycles. The van der Waals surface area contributed by atoms with Crippen LogP contribution in [0.4, 0.5) is 10.1 Å². The Morgan fingerprint density at radius 1 is 0.903 bits per heavy atom. The van der Waals surface area contributed by atoms with Crippen molar-refractivity contribution in [2.24, 2.45) is 0 Å². The highest BCUT2D eigenvalue weighted by Crippen LogP contribution is 2.31. The normalized spacial score (nSPS) is 12.6. The average Bonchev–Trinajstić information content (AvgIpc) is 3.02. The fourth-order valence-corrected chi connectivity index (χ4v) is 3.33. The summed E-state index contributed by atoms with van der Waals surface area (Å²) in [5.74, 6) is -2.04. The number of hydrogen-bond acceptors (Lipinski definition) is 5. The Kier molecular flexibility index (Phi) is 5.49. The Morgan fingerprint density at radius 3 is 2.39 bits per heavy atom. The molecule has 6 nitrogen and oxygen atoms in total. The van der Waals surface area contributed by atoms with Gasteiger partial charge in [-0.3, -0.25) is 9.59 Å². The first-order valence-corrected chi connectivity index (χ1v) is 9.60. The van der Waals surface area contributed by atoms with E-state index >= 15 is 0 Å². The molecule has 0 spiro atoms. The number of nitrogens with zero attached hydrogens (tertiary/aromatic N) is 1. The maximum Gasteiger partial charge on any atom is 0.338 e. The zero-order chi connectivity index (χ0) is 22.0. The van der Waals surface area contributed by atoms with Gasteiger partial charge in [0.15, 0.2) is 11.6 Å². The maximum absolute atomic E-state index is 13.5. The Morgan fingerprint density at radius 2 is 1.61 bits per heavy atom. The van der Waals surface area contributed by atoms with E-state index in [4.69, 9.17) is 9.47 Å². The summed E-state index contributed by atoms with van der Waals surface area (Å²) in [7, 11) is 0. The number of amides is 2. The molecule has 31 heavy (non-hydrogen) atoms. The van der Waals surface area contributed by atoms with Gasteiger partial charge in [-0.05, 0) is 48.9 Å². The molecule has 0 unspecified atom stereocenters. The molecule has 0 atom stereocenters. The van der Waals surface area contributed by atoms with Gasteiger partial charge in [0.05, 0.1) is 22.4 Å². The summed E-state index contributed by atoms with van der Waals surface area (Å²) in [5, 5.41) is 0. The van der Waals surface area contributed by atoms with Crippen molar-refractivity contribution in [2.45, 2.75) is 6.92 Å². The highest BCUT2D eigenvalue weighted by Gasteiger charge is 2.37. The lowest BCUT2D eigenvalue weighted by Crippen LogP contribution is -2.29. The van der Waals surface area contributed by atoms with E-state index in [0.29, 0.717) is 5.69 Å². The zero-order valence-corrected chi connectivity index (χ0v) is 16.6. The molecule has 0 saturated heterocycles. The van der Waals surface area contributed by atoms with Crippen LogP contribution in [0.15, 0.2) is 66.7 Å². The second-order valence-electron chi connectivity index (χ2n) is 6.91. The molecule has 1 aliphatic rings. The third kappa shape index (κ3) is 3.90. The highest BCUT2D eigenvalue weighted by atomic mass is 19.1. The van der Waals surface area contributed by atoms with Crippen LogP contribution in [-0.4, -0.2) is 31.0 Å². The predicted molar refractivity (Wildman–Crippen MR) is 111 cm³/mol. The zero-order valence-electron chi connectivity index (χ0n) is 16.6. The number of aryl methyl sites for hydroxylation is 1. The van der Waals surface area contributed by atoms with Gasteiger partial charge in [0, 0.05) is 0 Å². The highest BCUT2D eigenvalue weighted by molar-refractivity contribution is 6.34. The molecule has 0 N–H and O–H groups in total. The first-order chi connectivity index (χ1) is 15.0. The summed E-state index contributed by atoms with van der Waals surface area (Å²) in [6, 6.07) is 17.2. The summed E-state index contributed by atoms with van der Waals surface area (Å²) in [4.78, 5) is 39.1. The number of anilines is 1. The van der Waals surface area contributed by atoms with Gasteiger partial charge >= 0.3 is 5.97 Å². The van der Waals surface area contributed by atoms with E-state index in [0.717, 1.165) is 10.5 Å². The standard InChI is InChI=1S/C24H18FNO5/c1-15-6-2-4-8-20(15)26-22(27)17-11-10-16(14-18(17)23(26)28)24(29)31-13-12-30-21-9-5-3-7-19(21)25/h2-11,14H,12-13H2,1H3. The minimum atomic E-state index is -0.672. The number of carbonyl (C=O) groups is 3. The van der Waals surface area contributed by atoms with E-state index in [1.165, 1.54) is 30.3 Å². The number of ether oxygens (including phenoxy) is 2.